The maximum atomic E-state index is 8.23. The molecule has 0 aliphatic carbocycles. The quantitative estimate of drug-likeness (QED) is 0.784. The van der Waals surface area contributed by atoms with Gasteiger partial charge in [-0.05, 0) is 18.2 Å². The lowest BCUT2D eigenvalue weighted by Gasteiger charge is -2.28. The van der Waals surface area contributed by atoms with Crippen molar-refractivity contribution in [2.24, 2.45) is 4.99 Å². The van der Waals surface area contributed by atoms with Gasteiger partial charge in [0, 0.05) is 24.4 Å². The summed E-state index contributed by atoms with van der Waals surface area (Å²) in [4.78, 5) is 9.66. The fraction of sp³-hybridized carbons (Fsp3) is 0.250. The minimum Gasteiger partial charge on any atom is -0.497 e. The molecule has 3 rings (SSSR count). The summed E-state index contributed by atoms with van der Waals surface area (Å²) in [5, 5.41) is 0.284. The van der Waals surface area contributed by atoms with Crippen LogP contribution in [0.5, 0.6) is 11.5 Å². The molecule has 0 saturated carbocycles. The van der Waals surface area contributed by atoms with Gasteiger partial charge in [-0.25, -0.2) is 4.98 Å². The molecular weight excluding hydrogens is 337 g/mol. The van der Waals surface area contributed by atoms with Crippen molar-refractivity contribution in [2.75, 3.05) is 25.8 Å². The average Bonchev–Trinajstić information content (AvgIpc) is 2.57. The Morgan fingerprint density at radius 2 is 2.13 bits per heavy atom. The molecule has 1 aliphatic rings. The highest BCUT2D eigenvalue weighted by atomic mass is 35.5. The molecule has 1 aromatic heterocycles. The van der Waals surface area contributed by atoms with E-state index in [1.54, 1.807) is 31.3 Å². The van der Waals surface area contributed by atoms with Gasteiger partial charge in [0.1, 0.15) is 28.4 Å². The Kier molecular flexibility index (Phi) is 3.89. The highest BCUT2D eigenvalue weighted by molar-refractivity contribution is 6.35. The summed E-state index contributed by atoms with van der Waals surface area (Å²) in [7, 11) is 3.15. The summed E-state index contributed by atoms with van der Waals surface area (Å²) in [5.74, 6) is 1.30. The molecule has 23 heavy (non-hydrogen) atoms. The second kappa shape index (κ2) is 6.64. The van der Waals surface area contributed by atoms with Crippen molar-refractivity contribution in [3.63, 3.8) is 0 Å². The van der Waals surface area contributed by atoms with Gasteiger partial charge in [0.2, 0.25) is 0 Å². The monoisotopic (exact) mass is 353 g/mol. The second-order valence-corrected chi connectivity index (χ2v) is 5.54. The molecule has 120 valence electrons. The number of pyridine rings is 1. The molecular formula is C16H15Cl2N3O2. The van der Waals surface area contributed by atoms with Gasteiger partial charge in [0.25, 0.3) is 0 Å². The third-order valence-corrected chi connectivity index (χ3v) is 3.91. The highest BCUT2D eigenvalue weighted by Crippen LogP contribution is 2.33. The van der Waals surface area contributed by atoms with Crippen LogP contribution in [-0.4, -0.2) is 32.0 Å². The standard InChI is InChI=1S/C16H15Cl2N3O2/c1-22-11-4-3-10(14(5-11)23-2)8-21-9-19-7-12-13(21)6-15(17)20-16(12)18/h3-7H,8-9H2,1-2H3/i7D,9D. The molecule has 0 saturated heterocycles. The topological polar surface area (TPSA) is 47.0 Å². The first-order chi connectivity index (χ1) is 11.9. The molecule has 0 N–H and O–H groups in total. The van der Waals surface area contributed by atoms with Crippen LogP contribution < -0.4 is 14.4 Å². The summed E-state index contributed by atoms with van der Waals surface area (Å²) in [6.45, 7) is -0.678. The van der Waals surface area contributed by atoms with E-state index in [2.05, 4.69) is 9.98 Å². The molecule has 2 heterocycles. The van der Waals surface area contributed by atoms with E-state index in [1.807, 2.05) is 12.1 Å². The Labute approximate surface area is 147 Å². The number of nitrogens with zero attached hydrogens (tertiary/aromatic N) is 3. The van der Waals surface area contributed by atoms with E-state index in [4.69, 9.17) is 35.4 Å². The van der Waals surface area contributed by atoms with Crippen molar-refractivity contribution < 1.29 is 12.2 Å². The smallest absolute Gasteiger partial charge is 0.141 e. The number of benzene rings is 1. The number of methoxy groups -OCH3 is 2. The minimum absolute atomic E-state index is 0.0814. The van der Waals surface area contributed by atoms with Gasteiger partial charge in [-0.1, -0.05) is 23.2 Å². The van der Waals surface area contributed by atoms with Crippen molar-refractivity contribution in [3.05, 3.63) is 45.7 Å². The maximum absolute atomic E-state index is 8.23. The molecule has 0 fully saturated rings. The van der Waals surface area contributed by atoms with Crippen molar-refractivity contribution >= 4 is 35.1 Å². The Balaban J connectivity index is 2.04. The van der Waals surface area contributed by atoms with Crippen LogP contribution in [0.1, 0.15) is 13.9 Å². The zero-order valence-corrected chi connectivity index (χ0v) is 14.0. The van der Waals surface area contributed by atoms with Crippen LogP contribution >= 0.6 is 23.2 Å². The van der Waals surface area contributed by atoms with Gasteiger partial charge < -0.3 is 14.4 Å². The van der Waals surface area contributed by atoms with Gasteiger partial charge in [-0.2, -0.15) is 0 Å². The Morgan fingerprint density at radius 1 is 1.30 bits per heavy atom. The van der Waals surface area contributed by atoms with E-state index in [1.165, 1.54) is 0 Å². The maximum Gasteiger partial charge on any atom is 0.141 e. The van der Waals surface area contributed by atoms with Gasteiger partial charge in [-0.3, -0.25) is 4.99 Å². The molecule has 0 amide bonds. The summed E-state index contributed by atoms with van der Waals surface area (Å²) >= 11 is 12.1. The number of ether oxygens (including phenoxy) is 2. The van der Waals surface area contributed by atoms with Crippen molar-refractivity contribution in [2.45, 2.75) is 6.54 Å². The summed E-state index contributed by atoms with van der Waals surface area (Å²) in [6, 6.07) is 7.02. The fourth-order valence-electron chi connectivity index (χ4n) is 2.32. The first-order valence-electron chi connectivity index (χ1n) is 7.83. The number of fused-ring (bicyclic) bond motifs is 1. The van der Waals surface area contributed by atoms with E-state index in [-0.39, 0.29) is 16.5 Å². The van der Waals surface area contributed by atoms with Crippen molar-refractivity contribution in [1.29, 1.82) is 0 Å². The number of aromatic nitrogens is 1. The largest absolute Gasteiger partial charge is 0.497 e. The van der Waals surface area contributed by atoms with Crippen LogP contribution in [0, 0.1) is 0 Å². The molecule has 0 bridgehead atoms. The van der Waals surface area contributed by atoms with E-state index in [0.717, 1.165) is 5.56 Å². The number of hydrogen-bond acceptors (Lipinski definition) is 5. The van der Waals surface area contributed by atoms with E-state index < -0.39 is 6.64 Å². The SMILES string of the molecule is [2H]C1=NC([2H])N(Cc2ccc(OC)cc2OC)c2cc(Cl)nc(Cl)c21. The summed E-state index contributed by atoms with van der Waals surface area (Å²) in [6.07, 6.45) is -0.0814. The molecule has 1 unspecified atom stereocenters. The van der Waals surface area contributed by atoms with E-state index in [9.17, 15) is 0 Å². The molecule has 1 atom stereocenters. The predicted molar refractivity (Wildman–Crippen MR) is 92.4 cm³/mol. The number of anilines is 1. The van der Waals surface area contributed by atoms with Gasteiger partial charge in [0.05, 0.1) is 28.2 Å². The molecule has 2 aromatic rings. The van der Waals surface area contributed by atoms with Crippen LogP contribution in [-0.2, 0) is 6.54 Å². The number of rotatable bonds is 4. The normalized spacial score (nSPS) is 17.8. The first kappa shape index (κ1) is 13.5. The van der Waals surface area contributed by atoms with Crippen molar-refractivity contribution in [1.82, 2.24) is 4.98 Å². The molecule has 1 aliphatic heterocycles. The highest BCUT2D eigenvalue weighted by Gasteiger charge is 2.20. The van der Waals surface area contributed by atoms with Gasteiger partial charge in [0.15, 0.2) is 0 Å². The van der Waals surface area contributed by atoms with E-state index >= 15 is 0 Å². The molecule has 5 nitrogen and oxygen atoms in total. The molecule has 0 spiro atoms. The lowest BCUT2D eigenvalue weighted by molar-refractivity contribution is 0.390. The molecule has 1 aromatic carbocycles. The number of hydrogen-bond donors (Lipinski definition) is 0. The number of halogens is 2. The zero-order valence-electron chi connectivity index (χ0n) is 14.5. The van der Waals surface area contributed by atoms with Crippen molar-refractivity contribution in [3.8, 4) is 11.5 Å². The summed E-state index contributed by atoms with van der Waals surface area (Å²) < 4.78 is 26.8. The lowest BCUT2D eigenvalue weighted by atomic mass is 10.1. The fourth-order valence-corrected chi connectivity index (χ4v) is 2.78. The predicted octanol–water partition coefficient (Wildman–Crippen LogP) is 3.80. The molecule has 0 radical (unpaired) electrons. The van der Waals surface area contributed by atoms with Gasteiger partial charge >= 0.3 is 0 Å². The van der Waals surface area contributed by atoms with Crippen LogP contribution in [0.4, 0.5) is 5.69 Å². The Bertz CT molecular complexity index is 848. The van der Waals surface area contributed by atoms with E-state index in [0.29, 0.717) is 29.3 Å². The minimum atomic E-state index is -0.999. The Morgan fingerprint density at radius 3 is 2.87 bits per heavy atom. The third kappa shape index (κ3) is 3.21. The van der Waals surface area contributed by atoms with Crippen LogP contribution in [0.2, 0.25) is 10.3 Å². The van der Waals surface area contributed by atoms with Crippen LogP contribution in [0.3, 0.4) is 0 Å². The summed E-state index contributed by atoms with van der Waals surface area (Å²) in [5.41, 5.74) is 1.74. The second-order valence-electron chi connectivity index (χ2n) is 4.79. The first-order valence-corrected chi connectivity index (χ1v) is 7.50. The average molecular weight is 354 g/mol. The molecule has 7 heteroatoms. The Hall–Kier alpha value is -1.98. The number of aliphatic imine (C=N–C) groups is 1. The van der Waals surface area contributed by atoms with Gasteiger partial charge in [-0.15, -0.1) is 0 Å². The third-order valence-electron chi connectivity index (χ3n) is 3.44. The van der Waals surface area contributed by atoms with Crippen LogP contribution in [0.25, 0.3) is 0 Å². The lowest BCUT2D eigenvalue weighted by Crippen LogP contribution is -2.27. The van der Waals surface area contributed by atoms with Crippen LogP contribution in [0.15, 0.2) is 29.3 Å². The zero-order chi connectivity index (χ0) is 18.1.